The summed E-state index contributed by atoms with van der Waals surface area (Å²) in [5, 5.41) is 13.3. The lowest BCUT2D eigenvalue weighted by Gasteiger charge is -2.51. The summed E-state index contributed by atoms with van der Waals surface area (Å²) in [5.41, 5.74) is 1.02. The van der Waals surface area contributed by atoms with Crippen LogP contribution in [-0.4, -0.2) is 22.6 Å². The normalized spacial score (nSPS) is 20.9. The first-order chi connectivity index (χ1) is 9.56. The van der Waals surface area contributed by atoms with Gasteiger partial charge in [-0.25, -0.2) is 0 Å². The molecule has 1 aromatic rings. The molecule has 20 heavy (non-hydrogen) atoms. The molecule has 3 rings (SSSR count). The number of phenols is 1. The number of nitrogens with zero attached hydrogens (tertiary/aromatic N) is 1. The second-order valence-electron chi connectivity index (χ2n) is 6.18. The number of phenolic OH excluding ortho intramolecular Hbond substituents is 1. The Morgan fingerprint density at radius 1 is 1.25 bits per heavy atom. The maximum atomic E-state index is 12.7. The molecule has 4 nitrogen and oxygen atoms in total. The van der Waals surface area contributed by atoms with E-state index in [1.807, 2.05) is 6.07 Å². The minimum atomic E-state index is -0.488. The fourth-order valence-electron chi connectivity index (χ4n) is 3.80. The van der Waals surface area contributed by atoms with Crippen molar-refractivity contribution in [3.8, 4) is 5.75 Å². The summed E-state index contributed by atoms with van der Waals surface area (Å²) in [5.74, 6) is 0.338. The average Bonchev–Trinajstić information content (AvgIpc) is 2.42. The highest BCUT2D eigenvalue weighted by molar-refractivity contribution is 6.07. The first-order valence-electron chi connectivity index (χ1n) is 7.49. The lowest BCUT2D eigenvalue weighted by Crippen LogP contribution is -2.63. The molecule has 1 amide bonds. The summed E-state index contributed by atoms with van der Waals surface area (Å²) < 4.78 is 0. The summed E-state index contributed by atoms with van der Waals surface area (Å²) in [6, 6.07) is 5.50. The van der Waals surface area contributed by atoms with Crippen LogP contribution in [0.3, 0.4) is 0 Å². The number of rotatable bonds is 1. The topological polar surface area (TPSA) is 52.6 Å². The molecule has 1 aliphatic heterocycles. The lowest BCUT2D eigenvalue weighted by atomic mass is 9.77. The van der Waals surface area contributed by atoms with Gasteiger partial charge >= 0.3 is 0 Å². The first-order valence-corrected chi connectivity index (χ1v) is 7.49. The molecule has 2 aliphatic rings. The smallest absolute Gasteiger partial charge is 0.250 e. The van der Waals surface area contributed by atoms with Crippen molar-refractivity contribution >= 4 is 17.3 Å². The van der Waals surface area contributed by atoms with E-state index in [9.17, 15) is 9.90 Å². The van der Waals surface area contributed by atoms with Crippen molar-refractivity contribution < 1.29 is 9.90 Å². The van der Waals surface area contributed by atoms with Gasteiger partial charge in [0.15, 0.2) is 0 Å². The number of anilines is 2. The number of para-hydroxylation sites is 1. The van der Waals surface area contributed by atoms with E-state index in [1.165, 1.54) is 6.42 Å². The Kier molecular flexibility index (Phi) is 3.11. The maximum Gasteiger partial charge on any atom is 0.250 e. The van der Waals surface area contributed by atoms with Crippen molar-refractivity contribution in [3.05, 3.63) is 18.2 Å². The van der Waals surface area contributed by atoms with E-state index in [-0.39, 0.29) is 17.7 Å². The zero-order valence-electron chi connectivity index (χ0n) is 12.1. The van der Waals surface area contributed by atoms with Crippen molar-refractivity contribution in [2.45, 2.75) is 57.5 Å². The van der Waals surface area contributed by atoms with E-state index < -0.39 is 5.54 Å². The fraction of sp³-hybridized carbons (Fsp3) is 0.562. The number of benzene rings is 1. The molecule has 1 spiro atoms. The zero-order chi connectivity index (χ0) is 14.3. The Bertz CT molecular complexity index is 533. The molecule has 1 fully saturated rings. The van der Waals surface area contributed by atoms with Crippen molar-refractivity contribution in [3.63, 3.8) is 0 Å². The third-order valence-electron chi connectivity index (χ3n) is 4.58. The zero-order valence-corrected chi connectivity index (χ0v) is 12.1. The van der Waals surface area contributed by atoms with E-state index in [0.29, 0.717) is 0 Å². The molecule has 4 heteroatoms. The summed E-state index contributed by atoms with van der Waals surface area (Å²) in [7, 11) is 0. The number of aromatic hydroxyl groups is 1. The van der Waals surface area contributed by atoms with Gasteiger partial charge in [-0.05, 0) is 38.8 Å². The van der Waals surface area contributed by atoms with Crippen LogP contribution in [0, 0.1) is 0 Å². The van der Waals surface area contributed by atoms with Crippen LogP contribution in [0.15, 0.2) is 18.2 Å². The van der Waals surface area contributed by atoms with Gasteiger partial charge in [-0.2, -0.15) is 0 Å². The largest absolute Gasteiger partial charge is 0.506 e. The van der Waals surface area contributed by atoms with Crippen molar-refractivity contribution in [1.82, 2.24) is 0 Å². The average molecular weight is 274 g/mol. The van der Waals surface area contributed by atoms with Crippen LogP contribution in [0.25, 0.3) is 0 Å². The van der Waals surface area contributed by atoms with E-state index in [0.717, 1.165) is 37.1 Å². The van der Waals surface area contributed by atoms with Crippen LogP contribution >= 0.6 is 0 Å². The molecule has 0 radical (unpaired) electrons. The van der Waals surface area contributed by atoms with Crippen LogP contribution in [-0.2, 0) is 4.79 Å². The predicted octanol–water partition coefficient (Wildman–Crippen LogP) is 3.26. The molecule has 108 valence electrons. The summed E-state index contributed by atoms with van der Waals surface area (Å²) in [6.07, 6.45) is 5.06. The molecule has 0 atom stereocenters. The highest BCUT2D eigenvalue weighted by Crippen LogP contribution is 2.48. The Labute approximate surface area is 119 Å². The molecule has 1 heterocycles. The SMILES string of the molecule is CC(C)N1c2c(O)cccc2NC(=O)C12CCCCC2. The molecule has 2 N–H and O–H groups in total. The number of hydrogen-bond donors (Lipinski definition) is 2. The van der Waals surface area contributed by atoms with E-state index in [2.05, 4.69) is 24.1 Å². The summed E-state index contributed by atoms with van der Waals surface area (Å²) in [4.78, 5) is 14.9. The maximum absolute atomic E-state index is 12.7. The number of carbonyl (C=O) groups is 1. The molecule has 0 unspecified atom stereocenters. The van der Waals surface area contributed by atoms with E-state index in [1.54, 1.807) is 12.1 Å². The van der Waals surface area contributed by atoms with Gasteiger partial charge in [-0.15, -0.1) is 0 Å². The number of carbonyl (C=O) groups excluding carboxylic acids is 1. The van der Waals surface area contributed by atoms with Gasteiger partial charge in [0.2, 0.25) is 5.91 Å². The Hall–Kier alpha value is -1.71. The minimum absolute atomic E-state index is 0.0870. The summed E-state index contributed by atoms with van der Waals surface area (Å²) in [6.45, 7) is 4.18. The Morgan fingerprint density at radius 2 is 1.95 bits per heavy atom. The molecule has 0 aromatic heterocycles. The highest BCUT2D eigenvalue weighted by Gasteiger charge is 2.50. The number of nitrogens with one attached hydrogen (secondary N) is 1. The van der Waals surface area contributed by atoms with Crippen molar-refractivity contribution in [2.24, 2.45) is 0 Å². The third-order valence-corrected chi connectivity index (χ3v) is 4.58. The molecule has 0 bridgehead atoms. The Balaban J connectivity index is 2.17. The minimum Gasteiger partial charge on any atom is -0.506 e. The second kappa shape index (κ2) is 4.69. The third kappa shape index (κ3) is 1.78. The van der Waals surface area contributed by atoms with Gasteiger partial charge in [0.1, 0.15) is 17.0 Å². The van der Waals surface area contributed by atoms with Crippen LogP contribution in [0.4, 0.5) is 11.4 Å². The monoisotopic (exact) mass is 274 g/mol. The molecule has 1 aliphatic carbocycles. The summed E-state index contributed by atoms with van der Waals surface area (Å²) >= 11 is 0. The van der Waals surface area contributed by atoms with E-state index >= 15 is 0 Å². The van der Waals surface area contributed by atoms with Crippen LogP contribution in [0.5, 0.6) is 5.75 Å². The van der Waals surface area contributed by atoms with Crippen LogP contribution in [0.1, 0.15) is 46.0 Å². The van der Waals surface area contributed by atoms with Gasteiger partial charge < -0.3 is 15.3 Å². The fourth-order valence-corrected chi connectivity index (χ4v) is 3.80. The van der Waals surface area contributed by atoms with Gasteiger partial charge in [0, 0.05) is 6.04 Å². The van der Waals surface area contributed by atoms with Crippen molar-refractivity contribution in [1.29, 1.82) is 0 Å². The molecular weight excluding hydrogens is 252 g/mol. The lowest BCUT2D eigenvalue weighted by molar-refractivity contribution is -0.123. The Morgan fingerprint density at radius 3 is 2.60 bits per heavy atom. The van der Waals surface area contributed by atoms with Crippen LogP contribution in [0.2, 0.25) is 0 Å². The molecular formula is C16H22N2O2. The molecule has 1 aromatic carbocycles. The van der Waals surface area contributed by atoms with Gasteiger partial charge in [0.05, 0.1) is 5.69 Å². The van der Waals surface area contributed by atoms with E-state index in [4.69, 9.17) is 0 Å². The van der Waals surface area contributed by atoms with Gasteiger partial charge in [-0.1, -0.05) is 25.3 Å². The predicted molar refractivity (Wildman–Crippen MR) is 80.2 cm³/mol. The molecule has 1 saturated carbocycles. The second-order valence-corrected chi connectivity index (χ2v) is 6.18. The van der Waals surface area contributed by atoms with Gasteiger partial charge in [0.25, 0.3) is 0 Å². The van der Waals surface area contributed by atoms with Crippen LogP contribution < -0.4 is 10.2 Å². The number of fused-ring (bicyclic) bond motifs is 1. The van der Waals surface area contributed by atoms with Gasteiger partial charge in [-0.3, -0.25) is 4.79 Å². The molecule has 0 saturated heterocycles. The standard InChI is InChI=1S/C16H22N2O2/c1-11(2)18-14-12(7-6-8-13(14)19)17-15(20)16(18)9-4-3-5-10-16/h6-8,11,19H,3-5,9-10H2,1-2H3,(H,17,20). The quantitative estimate of drug-likeness (QED) is 0.826. The number of amides is 1. The number of hydrogen-bond acceptors (Lipinski definition) is 3. The van der Waals surface area contributed by atoms with Crippen molar-refractivity contribution in [2.75, 3.05) is 10.2 Å². The highest BCUT2D eigenvalue weighted by atomic mass is 16.3. The first kappa shape index (κ1) is 13.3.